The van der Waals surface area contributed by atoms with Crippen LogP contribution in [-0.4, -0.2) is 34.7 Å². The van der Waals surface area contributed by atoms with Crippen LogP contribution in [0.25, 0.3) is 0 Å². The normalized spacial score (nSPS) is 11.5. The molecule has 0 bridgehead atoms. The summed E-state index contributed by atoms with van der Waals surface area (Å²) in [5, 5.41) is 13.8. The fourth-order valence-corrected chi connectivity index (χ4v) is 2.90. The molecule has 0 fully saturated rings. The standard InChI is InChI=1S/C20H23N3O4/c1-14-7-6-8-16(11-14)13-22(15(2)20(25)21-3)19(24)12-17-9-4-5-10-18(17)23(26)27/h4-11,15H,12-13H2,1-3H3,(H,21,25). The molecule has 0 aliphatic heterocycles. The summed E-state index contributed by atoms with van der Waals surface area (Å²) in [5.74, 6) is -0.638. The van der Waals surface area contributed by atoms with Crippen molar-refractivity contribution in [3.63, 3.8) is 0 Å². The zero-order valence-electron chi connectivity index (χ0n) is 15.6. The second-order valence-electron chi connectivity index (χ2n) is 6.36. The monoisotopic (exact) mass is 369 g/mol. The van der Waals surface area contributed by atoms with Gasteiger partial charge < -0.3 is 10.2 Å². The highest BCUT2D eigenvalue weighted by atomic mass is 16.6. The largest absolute Gasteiger partial charge is 0.357 e. The van der Waals surface area contributed by atoms with Gasteiger partial charge in [0.05, 0.1) is 11.3 Å². The molecule has 0 heterocycles. The number of carbonyl (C=O) groups is 2. The molecule has 0 radical (unpaired) electrons. The molecule has 2 rings (SSSR count). The minimum Gasteiger partial charge on any atom is -0.357 e. The summed E-state index contributed by atoms with van der Waals surface area (Å²) < 4.78 is 0. The summed E-state index contributed by atoms with van der Waals surface area (Å²) in [4.78, 5) is 37.2. The first-order valence-corrected chi connectivity index (χ1v) is 8.62. The first-order chi connectivity index (χ1) is 12.8. The van der Waals surface area contributed by atoms with E-state index in [0.717, 1.165) is 11.1 Å². The van der Waals surface area contributed by atoms with Crippen LogP contribution in [0.2, 0.25) is 0 Å². The number of nitrogens with zero attached hydrogens (tertiary/aromatic N) is 2. The first kappa shape index (κ1) is 20.1. The Labute approximate surface area is 158 Å². The van der Waals surface area contributed by atoms with E-state index < -0.39 is 11.0 Å². The van der Waals surface area contributed by atoms with Gasteiger partial charge in [-0.15, -0.1) is 0 Å². The van der Waals surface area contributed by atoms with Crippen molar-refractivity contribution in [2.75, 3.05) is 7.05 Å². The van der Waals surface area contributed by atoms with Crippen molar-refractivity contribution in [1.29, 1.82) is 0 Å². The second-order valence-corrected chi connectivity index (χ2v) is 6.36. The molecule has 1 N–H and O–H groups in total. The predicted octanol–water partition coefficient (Wildman–Crippen LogP) is 2.61. The van der Waals surface area contributed by atoms with Crippen LogP contribution in [0.5, 0.6) is 0 Å². The van der Waals surface area contributed by atoms with Crippen molar-refractivity contribution in [1.82, 2.24) is 10.2 Å². The van der Waals surface area contributed by atoms with Crippen LogP contribution in [0, 0.1) is 17.0 Å². The number of hydrogen-bond donors (Lipinski definition) is 1. The Morgan fingerprint density at radius 3 is 2.52 bits per heavy atom. The summed E-state index contributed by atoms with van der Waals surface area (Å²) in [5.41, 5.74) is 2.16. The SMILES string of the molecule is CNC(=O)C(C)N(Cc1cccc(C)c1)C(=O)Cc1ccccc1[N+](=O)[O-]. The molecule has 7 heteroatoms. The first-order valence-electron chi connectivity index (χ1n) is 8.62. The molecule has 142 valence electrons. The molecule has 2 aromatic rings. The topological polar surface area (TPSA) is 92.6 Å². The molecule has 0 aromatic heterocycles. The maximum Gasteiger partial charge on any atom is 0.273 e. The quantitative estimate of drug-likeness (QED) is 0.600. The fraction of sp³-hybridized carbons (Fsp3) is 0.300. The summed E-state index contributed by atoms with van der Waals surface area (Å²) in [6, 6.07) is 13.1. The maximum absolute atomic E-state index is 13.0. The Balaban J connectivity index is 2.31. The van der Waals surface area contributed by atoms with Gasteiger partial charge in [-0.25, -0.2) is 0 Å². The van der Waals surface area contributed by atoms with Crippen molar-refractivity contribution in [3.8, 4) is 0 Å². The van der Waals surface area contributed by atoms with Crippen molar-refractivity contribution >= 4 is 17.5 Å². The number of rotatable bonds is 7. The number of carbonyl (C=O) groups excluding carboxylic acids is 2. The number of nitrogens with one attached hydrogen (secondary N) is 1. The van der Waals surface area contributed by atoms with Gasteiger partial charge in [0.2, 0.25) is 11.8 Å². The van der Waals surface area contributed by atoms with Crippen LogP contribution < -0.4 is 5.32 Å². The van der Waals surface area contributed by atoms with E-state index in [1.54, 1.807) is 25.1 Å². The lowest BCUT2D eigenvalue weighted by atomic mass is 10.1. The molecule has 1 atom stereocenters. The van der Waals surface area contributed by atoms with Crippen LogP contribution in [0.4, 0.5) is 5.69 Å². The zero-order chi connectivity index (χ0) is 20.0. The number of nitro benzene ring substituents is 1. The van der Waals surface area contributed by atoms with E-state index in [0.29, 0.717) is 5.56 Å². The molecule has 0 spiro atoms. The molecule has 2 aromatic carbocycles. The second kappa shape index (κ2) is 8.93. The Hall–Kier alpha value is -3.22. The molecule has 2 amide bonds. The molecule has 0 aliphatic carbocycles. The summed E-state index contributed by atoms with van der Waals surface area (Å²) in [7, 11) is 1.51. The smallest absolute Gasteiger partial charge is 0.273 e. The number of amides is 2. The molecule has 27 heavy (non-hydrogen) atoms. The minimum absolute atomic E-state index is 0.103. The number of para-hydroxylation sites is 1. The van der Waals surface area contributed by atoms with E-state index in [2.05, 4.69) is 5.32 Å². The van der Waals surface area contributed by atoms with Gasteiger partial charge in [-0.1, -0.05) is 48.0 Å². The van der Waals surface area contributed by atoms with E-state index in [-0.39, 0.29) is 30.5 Å². The highest BCUT2D eigenvalue weighted by Gasteiger charge is 2.27. The third kappa shape index (κ3) is 5.13. The number of likely N-dealkylation sites (N-methyl/N-ethyl adjacent to an activating group) is 1. The van der Waals surface area contributed by atoms with Crippen LogP contribution >= 0.6 is 0 Å². The highest BCUT2D eigenvalue weighted by molar-refractivity contribution is 5.88. The molecule has 0 saturated carbocycles. The van der Waals surface area contributed by atoms with Gasteiger partial charge in [-0.05, 0) is 19.4 Å². The van der Waals surface area contributed by atoms with E-state index >= 15 is 0 Å². The van der Waals surface area contributed by atoms with Gasteiger partial charge in [-0.3, -0.25) is 19.7 Å². The molecule has 7 nitrogen and oxygen atoms in total. The van der Waals surface area contributed by atoms with E-state index in [1.165, 1.54) is 18.0 Å². The van der Waals surface area contributed by atoms with Crippen LogP contribution in [-0.2, 0) is 22.6 Å². The van der Waals surface area contributed by atoms with E-state index in [9.17, 15) is 19.7 Å². The lowest BCUT2D eigenvalue weighted by Crippen LogP contribution is -2.47. The van der Waals surface area contributed by atoms with Gasteiger partial charge in [0.25, 0.3) is 5.69 Å². The number of nitro groups is 1. The highest BCUT2D eigenvalue weighted by Crippen LogP contribution is 2.20. The Morgan fingerprint density at radius 2 is 1.89 bits per heavy atom. The van der Waals surface area contributed by atoms with Gasteiger partial charge in [0.1, 0.15) is 6.04 Å². The number of aryl methyl sites for hydroxylation is 1. The van der Waals surface area contributed by atoms with Gasteiger partial charge >= 0.3 is 0 Å². The molecule has 0 aliphatic rings. The number of benzene rings is 2. The van der Waals surface area contributed by atoms with E-state index in [4.69, 9.17) is 0 Å². The van der Waals surface area contributed by atoms with Crippen LogP contribution in [0.3, 0.4) is 0 Å². The molecular weight excluding hydrogens is 346 g/mol. The third-order valence-electron chi connectivity index (χ3n) is 4.38. The van der Waals surface area contributed by atoms with E-state index in [1.807, 2.05) is 31.2 Å². The molecule has 1 unspecified atom stereocenters. The fourth-order valence-electron chi connectivity index (χ4n) is 2.90. The zero-order valence-corrected chi connectivity index (χ0v) is 15.6. The summed E-state index contributed by atoms with van der Waals surface area (Å²) >= 11 is 0. The Kier molecular flexibility index (Phi) is 6.65. The van der Waals surface area contributed by atoms with Crippen molar-refractivity contribution in [3.05, 3.63) is 75.3 Å². The van der Waals surface area contributed by atoms with Crippen molar-refractivity contribution in [2.24, 2.45) is 0 Å². The van der Waals surface area contributed by atoms with Crippen LogP contribution in [0.1, 0.15) is 23.6 Å². The van der Waals surface area contributed by atoms with Crippen molar-refractivity contribution in [2.45, 2.75) is 32.9 Å². The minimum atomic E-state index is -0.703. The average Bonchev–Trinajstić information content (AvgIpc) is 2.65. The van der Waals surface area contributed by atoms with Gasteiger partial charge in [0.15, 0.2) is 0 Å². The average molecular weight is 369 g/mol. The third-order valence-corrected chi connectivity index (χ3v) is 4.38. The van der Waals surface area contributed by atoms with Gasteiger partial charge in [0, 0.05) is 25.2 Å². The Morgan fingerprint density at radius 1 is 1.19 bits per heavy atom. The molecular formula is C20H23N3O4. The summed E-state index contributed by atoms with van der Waals surface area (Å²) in [6.45, 7) is 3.84. The maximum atomic E-state index is 13.0. The Bertz CT molecular complexity index is 851. The van der Waals surface area contributed by atoms with Gasteiger partial charge in [-0.2, -0.15) is 0 Å². The predicted molar refractivity (Wildman–Crippen MR) is 102 cm³/mol. The lowest BCUT2D eigenvalue weighted by Gasteiger charge is -2.28. The molecule has 0 saturated heterocycles. The lowest BCUT2D eigenvalue weighted by molar-refractivity contribution is -0.385. The number of hydrogen-bond acceptors (Lipinski definition) is 4. The van der Waals surface area contributed by atoms with Crippen LogP contribution in [0.15, 0.2) is 48.5 Å². The summed E-state index contributed by atoms with van der Waals surface area (Å²) in [6.07, 6.45) is -0.149. The van der Waals surface area contributed by atoms with Crippen molar-refractivity contribution < 1.29 is 14.5 Å².